The molecule has 0 aromatic rings. The molecule has 0 saturated heterocycles. The maximum absolute atomic E-state index is 13.0. The molecule has 0 spiro atoms. The molecule has 0 amide bonds. The van der Waals surface area contributed by atoms with Gasteiger partial charge >= 0.3 is 5.97 Å². The predicted octanol–water partition coefficient (Wildman–Crippen LogP) is 12.1. The fourth-order valence-electron chi connectivity index (χ4n) is 11.0. The normalized spacial score (nSPS) is 28.1. The second-order valence-corrected chi connectivity index (χ2v) is 17.9. The van der Waals surface area contributed by atoms with Gasteiger partial charge in [0, 0.05) is 24.7 Å². The lowest BCUT2D eigenvalue weighted by atomic mass is 9.48. The third-order valence-corrected chi connectivity index (χ3v) is 14.3. The third kappa shape index (κ3) is 13.3. The van der Waals surface area contributed by atoms with E-state index in [1.807, 2.05) is 0 Å². The Balaban J connectivity index is 0.00000235. The summed E-state index contributed by atoms with van der Waals surface area (Å²) in [5.74, 6) is 3.41. The van der Waals surface area contributed by atoms with Crippen molar-refractivity contribution in [3.63, 3.8) is 0 Å². The van der Waals surface area contributed by atoms with Gasteiger partial charge in [-0.15, -0.1) is 0 Å². The average Bonchev–Trinajstić information content (AvgIpc) is 3.44. The number of hydrogen-bond acceptors (Lipinski definition) is 5. The highest BCUT2D eigenvalue weighted by molar-refractivity contribution is 5.87. The lowest BCUT2D eigenvalue weighted by Gasteiger charge is -2.56. The standard InChI is InChI=1S/C45H79NO3.CH2O2/c1-6-9-12-15-20-36(21-16-13-10-7-2)22-19-34-46(32-11-8-3)33-18-14-17-23-43(48)49-38-28-30-44(4)37(35-38)24-25-39-40-26-27-42(47)45(40,5)31-29-41(39)44;2-1-3/h24,36,38-41H,6-23,25-35H2,1-5H3;1H,(H,2,3). The van der Waals surface area contributed by atoms with Crippen LogP contribution in [0.5, 0.6) is 0 Å². The number of fused-ring (bicyclic) bond motifs is 5. The summed E-state index contributed by atoms with van der Waals surface area (Å²) in [4.78, 5) is 36.8. The quantitative estimate of drug-likeness (QED) is 0.0461. The van der Waals surface area contributed by atoms with Gasteiger partial charge in [0.2, 0.25) is 0 Å². The summed E-state index contributed by atoms with van der Waals surface area (Å²) in [6.45, 7) is 15.1. The molecule has 0 heterocycles. The monoisotopic (exact) mass is 728 g/mol. The van der Waals surface area contributed by atoms with E-state index in [1.54, 1.807) is 5.57 Å². The van der Waals surface area contributed by atoms with E-state index >= 15 is 0 Å². The molecule has 0 bridgehead atoms. The van der Waals surface area contributed by atoms with Crippen LogP contribution in [0.1, 0.15) is 202 Å². The highest BCUT2D eigenvalue weighted by atomic mass is 16.5. The fourth-order valence-corrected chi connectivity index (χ4v) is 11.0. The first-order chi connectivity index (χ1) is 25.2. The minimum absolute atomic E-state index is 0.0209. The smallest absolute Gasteiger partial charge is 0.306 e. The van der Waals surface area contributed by atoms with Crippen molar-refractivity contribution in [2.24, 2.45) is 34.5 Å². The number of rotatable bonds is 24. The van der Waals surface area contributed by atoms with E-state index in [2.05, 4.69) is 45.6 Å². The van der Waals surface area contributed by atoms with E-state index in [0.29, 0.717) is 30.0 Å². The molecular formula is C46H81NO5. The van der Waals surface area contributed by atoms with Crippen molar-refractivity contribution in [2.45, 2.75) is 208 Å². The molecule has 6 atom stereocenters. The number of allylic oxidation sites excluding steroid dienone is 1. The van der Waals surface area contributed by atoms with Gasteiger partial charge < -0.3 is 14.7 Å². The second-order valence-electron chi connectivity index (χ2n) is 17.9. The Hall–Kier alpha value is -1.69. The van der Waals surface area contributed by atoms with Crippen LogP contribution in [0.25, 0.3) is 0 Å². The highest BCUT2D eigenvalue weighted by Gasteiger charge is 2.58. The van der Waals surface area contributed by atoms with Crippen LogP contribution < -0.4 is 0 Å². The summed E-state index contributed by atoms with van der Waals surface area (Å²) in [5, 5.41) is 6.89. The Morgan fingerprint density at radius 1 is 0.808 bits per heavy atom. The zero-order valence-corrected chi connectivity index (χ0v) is 34.6. The molecule has 1 N–H and O–H groups in total. The molecule has 4 rings (SSSR count). The maximum Gasteiger partial charge on any atom is 0.306 e. The molecule has 4 aliphatic rings. The Bertz CT molecular complexity index is 1060. The zero-order chi connectivity index (χ0) is 37.8. The van der Waals surface area contributed by atoms with Crippen LogP contribution in [-0.2, 0) is 19.1 Å². The zero-order valence-electron chi connectivity index (χ0n) is 34.6. The first-order valence-corrected chi connectivity index (χ1v) is 22.4. The Morgan fingerprint density at radius 2 is 1.38 bits per heavy atom. The van der Waals surface area contributed by atoms with Crippen LogP contribution in [0, 0.1) is 34.5 Å². The van der Waals surface area contributed by atoms with Crippen LogP contribution in [0.4, 0.5) is 0 Å². The Kier molecular flexibility index (Phi) is 20.6. The van der Waals surface area contributed by atoms with Crippen molar-refractivity contribution >= 4 is 18.2 Å². The van der Waals surface area contributed by atoms with Crippen molar-refractivity contribution in [1.82, 2.24) is 4.90 Å². The van der Waals surface area contributed by atoms with Crippen LogP contribution in [0.3, 0.4) is 0 Å². The molecular weight excluding hydrogens is 647 g/mol. The number of nitrogens with zero attached hydrogens (tertiary/aromatic N) is 1. The van der Waals surface area contributed by atoms with Crippen LogP contribution in [-0.4, -0.2) is 54.0 Å². The van der Waals surface area contributed by atoms with E-state index in [1.165, 1.54) is 122 Å². The van der Waals surface area contributed by atoms with Crippen molar-refractivity contribution in [3.05, 3.63) is 11.6 Å². The SMILES string of the molecule is CCCCCCC(CCCCCC)CCCN(CCCC)CCCCCC(=O)OC1CCC2(C)C(=CCC3C4CCC(=O)C4(C)CCC32)C1.O=CO. The molecule has 0 aliphatic heterocycles. The summed E-state index contributed by atoms with van der Waals surface area (Å²) in [7, 11) is 0. The number of unbranched alkanes of at least 4 members (excludes halogenated alkanes) is 9. The largest absolute Gasteiger partial charge is 0.483 e. The van der Waals surface area contributed by atoms with Gasteiger partial charge in [-0.05, 0) is 119 Å². The van der Waals surface area contributed by atoms with Gasteiger partial charge in [-0.3, -0.25) is 14.4 Å². The molecule has 6 nitrogen and oxygen atoms in total. The highest BCUT2D eigenvalue weighted by Crippen LogP contribution is 2.64. The topological polar surface area (TPSA) is 83.9 Å². The summed E-state index contributed by atoms with van der Waals surface area (Å²) in [6.07, 6.45) is 34.1. The van der Waals surface area contributed by atoms with Crippen molar-refractivity contribution < 1.29 is 24.2 Å². The molecule has 6 unspecified atom stereocenters. The summed E-state index contributed by atoms with van der Waals surface area (Å²) in [6, 6.07) is 0. The lowest BCUT2D eigenvalue weighted by Crippen LogP contribution is -2.50. The van der Waals surface area contributed by atoms with Crippen molar-refractivity contribution in [1.29, 1.82) is 0 Å². The molecule has 3 saturated carbocycles. The molecule has 0 radical (unpaired) electrons. The number of carbonyl (C=O) groups is 3. The molecule has 52 heavy (non-hydrogen) atoms. The number of carboxylic acid groups (broad SMARTS) is 1. The second kappa shape index (κ2) is 24.0. The number of ether oxygens (including phenoxy) is 1. The molecule has 0 aromatic carbocycles. The van der Waals surface area contributed by atoms with E-state index in [9.17, 15) is 9.59 Å². The van der Waals surface area contributed by atoms with Gasteiger partial charge in [0.25, 0.3) is 6.47 Å². The van der Waals surface area contributed by atoms with Crippen LogP contribution >= 0.6 is 0 Å². The predicted molar refractivity (Wildman–Crippen MR) is 215 cm³/mol. The molecule has 4 aliphatic carbocycles. The van der Waals surface area contributed by atoms with Crippen molar-refractivity contribution in [3.8, 4) is 0 Å². The first-order valence-electron chi connectivity index (χ1n) is 22.4. The first kappa shape index (κ1) is 44.7. The van der Waals surface area contributed by atoms with E-state index < -0.39 is 0 Å². The molecule has 6 heteroatoms. The van der Waals surface area contributed by atoms with Crippen molar-refractivity contribution in [2.75, 3.05) is 19.6 Å². The summed E-state index contributed by atoms with van der Waals surface area (Å²) < 4.78 is 6.13. The molecule has 3 fully saturated rings. The minimum atomic E-state index is -0.250. The summed E-state index contributed by atoms with van der Waals surface area (Å²) in [5.41, 5.74) is 1.72. The van der Waals surface area contributed by atoms with E-state index in [4.69, 9.17) is 14.6 Å². The minimum Gasteiger partial charge on any atom is -0.483 e. The Labute approximate surface area is 320 Å². The third-order valence-electron chi connectivity index (χ3n) is 14.3. The van der Waals surface area contributed by atoms with Crippen LogP contribution in [0.2, 0.25) is 0 Å². The number of hydrogen-bond donors (Lipinski definition) is 1. The molecule has 0 aromatic heterocycles. The molecule has 300 valence electrons. The van der Waals surface area contributed by atoms with Gasteiger partial charge in [-0.25, -0.2) is 0 Å². The number of ketones is 1. The van der Waals surface area contributed by atoms with E-state index in [0.717, 1.165) is 63.7 Å². The fraction of sp³-hybridized carbons (Fsp3) is 0.891. The van der Waals surface area contributed by atoms with Gasteiger partial charge in [-0.2, -0.15) is 0 Å². The maximum atomic E-state index is 13.0. The number of Topliss-reactive ketones (excluding diaryl/α,β-unsaturated/α-hetero) is 1. The van der Waals surface area contributed by atoms with Crippen LogP contribution in [0.15, 0.2) is 11.6 Å². The van der Waals surface area contributed by atoms with Gasteiger partial charge in [0.1, 0.15) is 11.9 Å². The van der Waals surface area contributed by atoms with E-state index in [-0.39, 0.29) is 29.4 Å². The average molecular weight is 728 g/mol. The Morgan fingerprint density at radius 3 is 2.06 bits per heavy atom. The summed E-state index contributed by atoms with van der Waals surface area (Å²) >= 11 is 0. The lowest BCUT2D eigenvalue weighted by molar-refractivity contribution is -0.151. The van der Waals surface area contributed by atoms with Gasteiger partial charge in [0.15, 0.2) is 0 Å². The van der Waals surface area contributed by atoms with Gasteiger partial charge in [-0.1, -0.05) is 123 Å². The number of carbonyl (C=O) groups excluding carboxylic acids is 2. The van der Waals surface area contributed by atoms with Gasteiger partial charge in [0.05, 0.1) is 0 Å². The number of esters is 1.